The van der Waals surface area contributed by atoms with Crippen LogP contribution in [0.15, 0.2) is 22.8 Å². The van der Waals surface area contributed by atoms with Crippen molar-refractivity contribution in [2.75, 3.05) is 6.61 Å². The predicted octanol–water partition coefficient (Wildman–Crippen LogP) is 1.95. The van der Waals surface area contributed by atoms with Crippen LogP contribution in [0.3, 0.4) is 0 Å². The second kappa shape index (κ2) is 2.46. The van der Waals surface area contributed by atoms with Gasteiger partial charge >= 0.3 is 0 Å². The molecule has 2 nitrogen and oxygen atoms in total. The Morgan fingerprint density at radius 1 is 1.50 bits per heavy atom. The Morgan fingerprint density at radius 3 is 3.10 bits per heavy atom. The highest BCUT2D eigenvalue weighted by Gasteiger charge is 2.20. The molecule has 2 heterocycles. The Bertz CT molecular complexity index is 185. The first-order valence-electron chi connectivity index (χ1n) is 3.45. The van der Waals surface area contributed by atoms with E-state index in [-0.39, 0.29) is 0 Å². The molecule has 0 amide bonds. The molecular weight excluding hydrogens is 128 g/mol. The Morgan fingerprint density at radius 2 is 2.50 bits per heavy atom. The molecule has 2 rings (SSSR count). The van der Waals surface area contributed by atoms with Gasteiger partial charge in [0, 0.05) is 12.5 Å². The molecule has 1 saturated heterocycles. The minimum atomic E-state index is 0.384. The largest absolute Gasteiger partial charge is 0.469 e. The summed E-state index contributed by atoms with van der Waals surface area (Å²) in [5, 5.41) is 0. The second-order valence-corrected chi connectivity index (χ2v) is 2.42. The van der Waals surface area contributed by atoms with E-state index in [4.69, 9.17) is 9.15 Å². The van der Waals surface area contributed by atoms with E-state index in [0.717, 1.165) is 18.8 Å². The molecule has 0 bridgehead atoms. The Labute approximate surface area is 59.8 Å². The molecule has 1 fully saturated rings. The summed E-state index contributed by atoms with van der Waals surface area (Å²) in [7, 11) is 0. The van der Waals surface area contributed by atoms with Gasteiger partial charge in [0.25, 0.3) is 0 Å². The topological polar surface area (TPSA) is 22.4 Å². The molecule has 0 saturated carbocycles. The molecule has 1 radical (unpaired) electrons. The van der Waals surface area contributed by atoms with Crippen LogP contribution >= 0.6 is 0 Å². The molecule has 0 aliphatic carbocycles. The molecule has 0 spiro atoms. The van der Waals surface area contributed by atoms with E-state index in [1.165, 1.54) is 0 Å². The molecule has 2 heteroatoms. The zero-order valence-electron chi connectivity index (χ0n) is 5.62. The lowest BCUT2D eigenvalue weighted by Crippen LogP contribution is -1.88. The summed E-state index contributed by atoms with van der Waals surface area (Å²) in [4.78, 5) is 0. The van der Waals surface area contributed by atoms with Crippen LogP contribution in [0.4, 0.5) is 0 Å². The zero-order chi connectivity index (χ0) is 6.81. The van der Waals surface area contributed by atoms with Crippen molar-refractivity contribution in [2.24, 2.45) is 0 Å². The van der Waals surface area contributed by atoms with Gasteiger partial charge in [-0.2, -0.15) is 0 Å². The van der Waals surface area contributed by atoms with E-state index >= 15 is 0 Å². The number of ether oxygens (including phenoxy) is 1. The van der Waals surface area contributed by atoms with E-state index in [2.05, 4.69) is 0 Å². The smallest absolute Gasteiger partial charge is 0.109 e. The molecule has 1 atom stereocenters. The third-order valence-corrected chi connectivity index (χ3v) is 1.72. The third-order valence-electron chi connectivity index (χ3n) is 1.72. The quantitative estimate of drug-likeness (QED) is 0.590. The summed E-state index contributed by atoms with van der Waals surface area (Å²) in [6.45, 7) is 2.67. The lowest BCUT2D eigenvalue weighted by Gasteiger charge is -1.99. The maximum absolute atomic E-state index is 5.21. The van der Waals surface area contributed by atoms with Crippen molar-refractivity contribution in [3.8, 4) is 0 Å². The van der Waals surface area contributed by atoms with Crippen LogP contribution in [-0.2, 0) is 4.74 Å². The first-order valence-corrected chi connectivity index (χ1v) is 3.45. The van der Waals surface area contributed by atoms with Gasteiger partial charge < -0.3 is 9.15 Å². The van der Waals surface area contributed by atoms with Gasteiger partial charge in [0.05, 0.1) is 12.9 Å². The van der Waals surface area contributed by atoms with Gasteiger partial charge in [-0.25, -0.2) is 0 Å². The first-order chi connectivity index (χ1) is 4.97. The van der Waals surface area contributed by atoms with E-state index in [1.54, 1.807) is 6.26 Å². The van der Waals surface area contributed by atoms with Crippen LogP contribution in [0.1, 0.15) is 18.1 Å². The molecule has 53 valence electrons. The third kappa shape index (κ3) is 0.948. The van der Waals surface area contributed by atoms with Crippen molar-refractivity contribution < 1.29 is 9.15 Å². The zero-order valence-corrected chi connectivity index (χ0v) is 5.62. The molecule has 10 heavy (non-hydrogen) atoms. The maximum Gasteiger partial charge on any atom is 0.109 e. The predicted molar refractivity (Wildman–Crippen MR) is 36.3 cm³/mol. The molecule has 1 unspecified atom stereocenters. The average molecular weight is 137 g/mol. The SMILES string of the molecule is [CH]1OCCC1c1ccco1. The Balaban J connectivity index is 2.12. The molecule has 1 aromatic heterocycles. The normalized spacial score (nSPS) is 25.4. The summed E-state index contributed by atoms with van der Waals surface area (Å²) in [5.41, 5.74) is 0. The van der Waals surface area contributed by atoms with Crippen molar-refractivity contribution in [2.45, 2.75) is 12.3 Å². The van der Waals surface area contributed by atoms with Crippen LogP contribution in [0.25, 0.3) is 0 Å². The standard InChI is InChI=1S/C8H9O2/c1-2-8(10-4-1)7-3-5-9-6-7/h1-2,4,6-7H,3,5H2. The molecule has 1 aromatic rings. The van der Waals surface area contributed by atoms with Crippen LogP contribution in [-0.4, -0.2) is 6.61 Å². The minimum Gasteiger partial charge on any atom is -0.469 e. The molecule has 0 N–H and O–H groups in total. The number of hydrogen-bond donors (Lipinski definition) is 0. The molecule has 1 aliphatic rings. The summed E-state index contributed by atoms with van der Waals surface area (Å²) in [5.74, 6) is 1.40. The van der Waals surface area contributed by atoms with Crippen LogP contribution in [0.5, 0.6) is 0 Å². The van der Waals surface area contributed by atoms with Crippen molar-refractivity contribution >= 4 is 0 Å². The van der Waals surface area contributed by atoms with Gasteiger partial charge in [0.1, 0.15) is 5.76 Å². The van der Waals surface area contributed by atoms with Gasteiger partial charge in [-0.3, -0.25) is 0 Å². The van der Waals surface area contributed by atoms with Crippen molar-refractivity contribution in [1.29, 1.82) is 0 Å². The summed E-state index contributed by atoms with van der Waals surface area (Å²) in [6, 6.07) is 3.89. The first kappa shape index (κ1) is 5.98. The lowest BCUT2D eigenvalue weighted by molar-refractivity contribution is 0.251. The minimum absolute atomic E-state index is 0.384. The molecule has 0 aromatic carbocycles. The summed E-state index contributed by atoms with van der Waals surface area (Å²) < 4.78 is 10.3. The van der Waals surface area contributed by atoms with E-state index < -0.39 is 0 Å². The number of furan rings is 1. The second-order valence-electron chi connectivity index (χ2n) is 2.42. The van der Waals surface area contributed by atoms with Gasteiger partial charge in [0.2, 0.25) is 0 Å². The van der Waals surface area contributed by atoms with Crippen LogP contribution in [0, 0.1) is 6.61 Å². The fourth-order valence-corrected chi connectivity index (χ4v) is 1.16. The molecule has 1 aliphatic heterocycles. The van der Waals surface area contributed by atoms with Crippen molar-refractivity contribution in [3.63, 3.8) is 0 Å². The summed E-state index contributed by atoms with van der Waals surface area (Å²) >= 11 is 0. The number of hydrogen-bond acceptors (Lipinski definition) is 2. The van der Waals surface area contributed by atoms with E-state index in [9.17, 15) is 0 Å². The van der Waals surface area contributed by atoms with Crippen LogP contribution < -0.4 is 0 Å². The van der Waals surface area contributed by atoms with Gasteiger partial charge in [-0.1, -0.05) is 0 Å². The van der Waals surface area contributed by atoms with Crippen molar-refractivity contribution in [1.82, 2.24) is 0 Å². The van der Waals surface area contributed by atoms with E-state index in [0.29, 0.717) is 5.92 Å². The number of rotatable bonds is 1. The van der Waals surface area contributed by atoms with Crippen LogP contribution in [0.2, 0.25) is 0 Å². The Hall–Kier alpha value is -0.760. The highest BCUT2D eigenvalue weighted by molar-refractivity contribution is 5.09. The highest BCUT2D eigenvalue weighted by Crippen LogP contribution is 2.28. The average Bonchev–Trinajstić information content (AvgIpc) is 2.59. The fourth-order valence-electron chi connectivity index (χ4n) is 1.16. The van der Waals surface area contributed by atoms with Gasteiger partial charge in [-0.15, -0.1) is 0 Å². The van der Waals surface area contributed by atoms with Gasteiger partial charge in [-0.05, 0) is 18.6 Å². The Kier molecular flexibility index (Phi) is 1.47. The fraction of sp³-hybridized carbons (Fsp3) is 0.375. The van der Waals surface area contributed by atoms with Crippen molar-refractivity contribution in [3.05, 3.63) is 30.8 Å². The highest BCUT2D eigenvalue weighted by atomic mass is 16.5. The molecular formula is C8H9O2. The van der Waals surface area contributed by atoms with E-state index in [1.807, 2.05) is 18.7 Å². The lowest BCUT2D eigenvalue weighted by atomic mass is 10.1. The maximum atomic E-state index is 5.21. The summed E-state index contributed by atoms with van der Waals surface area (Å²) in [6.07, 6.45) is 2.75. The monoisotopic (exact) mass is 137 g/mol. The van der Waals surface area contributed by atoms with Gasteiger partial charge in [0.15, 0.2) is 0 Å².